The number of H-pyrrole nitrogens is 1. The second-order valence-electron chi connectivity index (χ2n) is 5.14. The number of ketones is 1. The van der Waals surface area contributed by atoms with Gasteiger partial charge in [-0.1, -0.05) is 15.9 Å². The van der Waals surface area contributed by atoms with Crippen molar-refractivity contribution in [2.24, 2.45) is 0 Å². The third kappa shape index (κ3) is 3.03. The van der Waals surface area contributed by atoms with Crippen LogP contribution in [0.3, 0.4) is 0 Å². The minimum absolute atomic E-state index is 0.214. The molecular weight excluding hydrogens is 363 g/mol. The van der Waals surface area contributed by atoms with E-state index in [2.05, 4.69) is 26.2 Å². The van der Waals surface area contributed by atoms with Crippen LogP contribution in [0.5, 0.6) is 0 Å². The molecule has 0 bridgehead atoms. The predicted octanol–water partition coefficient (Wildman–Crippen LogP) is 4.20. The highest BCUT2D eigenvalue weighted by Crippen LogP contribution is 2.22. The number of hydrogen-bond acceptors (Lipinski definition) is 2. The number of aryl methyl sites for hydroxylation is 1. The van der Waals surface area contributed by atoms with Crippen molar-refractivity contribution in [1.82, 2.24) is 4.98 Å². The molecule has 0 aliphatic heterocycles. The van der Waals surface area contributed by atoms with Crippen LogP contribution in [-0.2, 0) is 4.79 Å². The largest absolute Gasteiger partial charge is 0.360 e. The van der Waals surface area contributed by atoms with Gasteiger partial charge < -0.3 is 10.3 Å². The highest BCUT2D eigenvalue weighted by molar-refractivity contribution is 9.10. The van der Waals surface area contributed by atoms with Crippen LogP contribution in [0.25, 0.3) is 10.9 Å². The van der Waals surface area contributed by atoms with Gasteiger partial charge in [-0.2, -0.15) is 0 Å². The Labute approximate surface area is 139 Å². The van der Waals surface area contributed by atoms with Gasteiger partial charge in [-0.3, -0.25) is 9.59 Å². The maximum atomic E-state index is 13.2. The first-order valence-corrected chi connectivity index (χ1v) is 7.63. The molecule has 0 unspecified atom stereocenters. The molecule has 1 amide bonds. The molecule has 1 aromatic heterocycles. The molecule has 0 spiro atoms. The highest BCUT2D eigenvalue weighted by atomic mass is 79.9. The first-order valence-electron chi connectivity index (χ1n) is 6.84. The van der Waals surface area contributed by atoms with Gasteiger partial charge in [0.15, 0.2) is 0 Å². The predicted molar refractivity (Wildman–Crippen MR) is 90.1 cm³/mol. The fourth-order valence-corrected chi connectivity index (χ4v) is 2.57. The standard InChI is InChI=1S/C17H12BrFN2O2/c1-9-6-11(3-5-14(9)18)21-17(23)16(22)13-8-20-15-7-10(19)2-4-12(13)15/h2-8,20H,1H3,(H,21,23). The molecule has 3 aromatic rings. The monoisotopic (exact) mass is 374 g/mol. The normalized spacial score (nSPS) is 10.7. The van der Waals surface area contributed by atoms with Crippen LogP contribution < -0.4 is 5.32 Å². The summed E-state index contributed by atoms with van der Waals surface area (Å²) in [6, 6.07) is 9.27. The van der Waals surface area contributed by atoms with Crippen molar-refractivity contribution in [3.63, 3.8) is 0 Å². The third-order valence-electron chi connectivity index (χ3n) is 3.51. The molecule has 0 atom stereocenters. The van der Waals surface area contributed by atoms with Gasteiger partial charge in [0.1, 0.15) is 5.82 Å². The maximum Gasteiger partial charge on any atom is 0.296 e. The summed E-state index contributed by atoms with van der Waals surface area (Å²) in [4.78, 5) is 27.3. The summed E-state index contributed by atoms with van der Waals surface area (Å²) in [5.74, 6) is -1.83. The van der Waals surface area contributed by atoms with Gasteiger partial charge in [-0.05, 0) is 48.9 Å². The third-order valence-corrected chi connectivity index (χ3v) is 4.40. The zero-order chi connectivity index (χ0) is 16.6. The van der Waals surface area contributed by atoms with E-state index < -0.39 is 17.5 Å². The molecule has 23 heavy (non-hydrogen) atoms. The summed E-state index contributed by atoms with van der Waals surface area (Å²) in [6.07, 6.45) is 1.42. The second kappa shape index (κ2) is 5.96. The number of Topliss-reactive ketones (excluding diaryl/α,β-unsaturated/α-hetero) is 1. The number of hydrogen-bond donors (Lipinski definition) is 2. The van der Waals surface area contributed by atoms with Crippen LogP contribution in [0.4, 0.5) is 10.1 Å². The van der Waals surface area contributed by atoms with Gasteiger partial charge in [-0.25, -0.2) is 4.39 Å². The number of amides is 1. The lowest BCUT2D eigenvalue weighted by Crippen LogP contribution is -2.22. The number of rotatable bonds is 3. The fourth-order valence-electron chi connectivity index (χ4n) is 2.32. The Morgan fingerprint density at radius 1 is 1.17 bits per heavy atom. The minimum Gasteiger partial charge on any atom is -0.360 e. The Balaban J connectivity index is 1.86. The van der Waals surface area contributed by atoms with Crippen molar-refractivity contribution in [3.05, 3.63) is 64.0 Å². The number of halogens is 2. The zero-order valence-electron chi connectivity index (χ0n) is 12.1. The van der Waals surface area contributed by atoms with Crippen molar-refractivity contribution in [1.29, 1.82) is 0 Å². The van der Waals surface area contributed by atoms with E-state index in [-0.39, 0.29) is 5.56 Å². The van der Waals surface area contributed by atoms with Crippen LogP contribution >= 0.6 is 15.9 Å². The Morgan fingerprint density at radius 2 is 1.96 bits per heavy atom. The van der Waals surface area contributed by atoms with Gasteiger partial charge in [0.2, 0.25) is 0 Å². The summed E-state index contributed by atoms with van der Waals surface area (Å²) in [6.45, 7) is 1.88. The van der Waals surface area contributed by atoms with Gasteiger partial charge in [0.05, 0.1) is 5.56 Å². The van der Waals surface area contributed by atoms with E-state index in [4.69, 9.17) is 0 Å². The van der Waals surface area contributed by atoms with Crippen LogP contribution in [0.1, 0.15) is 15.9 Å². The summed E-state index contributed by atoms with van der Waals surface area (Å²) < 4.78 is 14.1. The summed E-state index contributed by atoms with van der Waals surface area (Å²) in [7, 11) is 0. The first kappa shape index (κ1) is 15.4. The van der Waals surface area contributed by atoms with Crippen LogP contribution in [0.2, 0.25) is 0 Å². The summed E-state index contributed by atoms with van der Waals surface area (Å²) in [5, 5.41) is 3.09. The number of aromatic amines is 1. The van der Waals surface area contributed by atoms with Gasteiger partial charge in [-0.15, -0.1) is 0 Å². The molecule has 0 saturated carbocycles. The lowest BCUT2D eigenvalue weighted by atomic mass is 10.1. The maximum absolute atomic E-state index is 13.2. The van der Waals surface area contributed by atoms with E-state index in [1.54, 1.807) is 18.2 Å². The van der Waals surface area contributed by atoms with Crippen LogP contribution in [-0.4, -0.2) is 16.7 Å². The molecule has 0 fully saturated rings. The molecule has 0 aliphatic rings. The van der Waals surface area contributed by atoms with Crippen molar-refractivity contribution in [3.8, 4) is 0 Å². The van der Waals surface area contributed by atoms with E-state index in [0.717, 1.165) is 10.0 Å². The Hall–Kier alpha value is -2.47. The number of nitrogens with one attached hydrogen (secondary N) is 2. The second-order valence-corrected chi connectivity index (χ2v) is 5.99. The van der Waals surface area contributed by atoms with Crippen molar-refractivity contribution >= 4 is 44.2 Å². The quantitative estimate of drug-likeness (QED) is 0.533. The van der Waals surface area contributed by atoms with Crippen molar-refractivity contribution < 1.29 is 14.0 Å². The number of fused-ring (bicyclic) bond motifs is 1. The number of carbonyl (C=O) groups is 2. The molecule has 0 aliphatic carbocycles. The first-order chi connectivity index (χ1) is 11.0. The number of benzene rings is 2. The number of anilines is 1. The summed E-state index contributed by atoms with van der Waals surface area (Å²) >= 11 is 3.37. The van der Waals surface area contributed by atoms with E-state index in [1.807, 2.05) is 6.92 Å². The van der Waals surface area contributed by atoms with Crippen molar-refractivity contribution in [2.45, 2.75) is 6.92 Å². The van der Waals surface area contributed by atoms with Crippen molar-refractivity contribution in [2.75, 3.05) is 5.32 Å². The average Bonchev–Trinajstić information content (AvgIpc) is 2.93. The smallest absolute Gasteiger partial charge is 0.296 e. The highest BCUT2D eigenvalue weighted by Gasteiger charge is 2.20. The molecular formula is C17H12BrFN2O2. The van der Waals surface area contributed by atoms with E-state index in [1.165, 1.54) is 24.4 Å². The molecule has 0 saturated heterocycles. The molecule has 4 nitrogen and oxygen atoms in total. The van der Waals surface area contributed by atoms with Crippen LogP contribution in [0, 0.1) is 12.7 Å². The van der Waals surface area contributed by atoms with E-state index in [9.17, 15) is 14.0 Å². The average molecular weight is 375 g/mol. The molecule has 2 N–H and O–H groups in total. The molecule has 2 aromatic carbocycles. The summed E-state index contributed by atoms with van der Waals surface area (Å²) in [5.41, 5.74) is 2.17. The molecule has 0 radical (unpaired) electrons. The molecule has 116 valence electrons. The lowest BCUT2D eigenvalue weighted by Gasteiger charge is -2.06. The Bertz CT molecular complexity index is 933. The number of carbonyl (C=O) groups excluding carboxylic acids is 2. The Kier molecular flexibility index (Phi) is 4.00. The zero-order valence-corrected chi connectivity index (χ0v) is 13.7. The van der Waals surface area contributed by atoms with Gasteiger partial charge >= 0.3 is 0 Å². The minimum atomic E-state index is -0.739. The fraction of sp³-hybridized carbons (Fsp3) is 0.0588. The number of aromatic nitrogens is 1. The van der Waals surface area contributed by atoms with Crippen LogP contribution in [0.15, 0.2) is 47.1 Å². The van der Waals surface area contributed by atoms with Gasteiger partial charge in [0.25, 0.3) is 11.7 Å². The molecule has 3 rings (SSSR count). The molecule has 6 heteroatoms. The van der Waals surface area contributed by atoms with Gasteiger partial charge in [0, 0.05) is 27.3 Å². The molecule has 1 heterocycles. The lowest BCUT2D eigenvalue weighted by molar-refractivity contribution is -0.112. The topological polar surface area (TPSA) is 62.0 Å². The van der Waals surface area contributed by atoms with E-state index in [0.29, 0.717) is 16.6 Å². The SMILES string of the molecule is Cc1cc(NC(=O)C(=O)c2c[nH]c3cc(F)ccc23)ccc1Br. The van der Waals surface area contributed by atoms with E-state index >= 15 is 0 Å². The Morgan fingerprint density at radius 3 is 2.70 bits per heavy atom.